The van der Waals surface area contributed by atoms with Gasteiger partial charge < -0.3 is 4.74 Å². The van der Waals surface area contributed by atoms with Gasteiger partial charge in [-0.3, -0.25) is 4.79 Å². The van der Waals surface area contributed by atoms with Crippen molar-refractivity contribution in [2.45, 2.75) is 32.0 Å². The van der Waals surface area contributed by atoms with Crippen LogP contribution < -0.4 is 4.74 Å². The number of alkyl halides is 3. The van der Waals surface area contributed by atoms with Crippen molar-refractivity contribution in [3.8, 4) is 5.75 Å². The average molecular weight is 258 g/mol. The molecule has 1 aromatic carbocycles. The molecule has 98 valence electrons. The second-order valence-corrected chi connectivity index (χ2v) is 4.39. The Labute approximate surface area is 103 Å². The topological polar surface area (TPSA) is 26.3 Å². The van der Waals surface area contributed by atoms with E-state index in [0.717, 1.165) is 25.7 Å². The van der Waals surface area contributed by atoms with E-state index in [1.807, 2.05) is 0 Å². The Bertz CT molecular complexity index is 434. The Morgan fingerprint density at radius 2 is 1.78 bits per heavy atom. The molecule has 0 heterocycles. The third kappa shape index (κ3) is 3.03. The van der Waals surface area contributed by atoms with Crippen LogP contribution >= 0.6 is 0 Å². The summed E-state index contributed by atoms with van der Waals surface area (Å²) in [6, 6.07) is 5.54. The Hall–Kier alpha value is -1.52. The molecule has 0 bridgehead atoms. The summed E-state index contributed by atoms with van der Waals surface area (Å²) in [5.41, 5.74) is 0.0294. The van der Waals surface area contributed by atoms with Crippen molar-refractivity contribution in [3.63, 3.8) is 0 Å². The van der Waals surface area contributed by atoms with Crippen LogP contribution in [0.2, 0.25) is 0 Å². The van der Waals surface area contributed by atoms with Gasteiger partial charge >= 0.3 is 6.36 Å². The number of carbonyl (C=O) groups excluding carboxylic acids is 1. The van der Waals surface area contributed by atoms with Gasteiger partial charge in [-0.15, -0.1) is 13.2 Å². The summed E-state index contributed by atoms with van der Waals surface area (Å²) >= 11 is 0. The minimum Gasteiger partial charge on any atom is -0.405 e. The standard InChI is InChI=1S/C13H13F3O2/c14-13(15,16)18-11-8-4-3-7-10(11)12(17)9-5-1-2-6-9/h3-4,7-9H,1-2,5-6H2. The van der Waals surface area contributed by atoms with E-state index in [1.165, 1.54) is 18.2 Å². The normalized spacial score (nSPS) is 16.8. The molecule has 1 aromatic rings. The van der Waals surface area contributed by atoms with Gasteiger partial charge in [0.1, 0.15) is 5.75 Å². The van der Waals surface area contributed by atoms with E-state index in [-0.39, 0.29) is 17.3 Å². The number of para-hydroxylation sites is 1. The first-order valence-corrected chi connectivity index (χ1v) is 5.86. The van der Waals surface area contributed by atoms with Crippen molar-refractivity contribution in [1.29, 1.82) is 0 Å². The summed E-state index contributed by atoms with van der Waals surface area (Å²) in [6.07, 6.45) is -1.36. The predicted octanol–water partition coefficient (Wildman–Crippen LogP) is 3.96. The molecule has 0 amide bonds. The molecule has 1 fully saturated rings. The van der Waals surface area contributed by atoms with Crippen LogP contribution in [0.3, 0.4) is 0 Å². The number of ether oxygens (including phenoxy) is 1. The Morgan fingerprint density at radius 1 is 1.17 bits per heavy atom. The Kier molecular flexibility index (Phi) is 3.59. The third-order valence-corrected chi connectivity index (χ3v) is 3.10. The van der Waals surface area contributed by atoms with Gasteiger partial charge in [-0.2, -0.15) is 0 Å². The molecule has 2 nitrogen and oxygen atoms in total. The van der Waals surface area contributed by atoms with Crippen LogP contribution in [0.5, 0.6) is 5.75 Å². The van der Waals surface area contributed by atoms with Crippen molar-refractivity contribution in [3.05, 3.63) is 29.8 Å². The molecule has 1 aliphatic carbocycles. The van der Waals surface area contributed by atoms with E-state index in [0.29, 0.717) is 0 Å². The molecule has 0 aromatic heterocycles. The van der Waals surface area contributed by atoms with E-state index in [9.17, 15) is 18.0 Å². The van der Waals surface area contributed by atoms with Crippen LogP contribution in [-0.4, -0.2) is 12.1 Å². The molecule has 0 radical (unpaired) electrons. The minimum absolute atomic E-state index is 0.0294. The van der Waals surface area contributed by atoms with Crippen molar-refractivity contribution in [2.75, 3.05) is 0 Å². The quantitative estimate of drug-likeness (QED) is 0.767. The second-order valence-electron chi connectivity index (χ2n) is 4.39. The molecule has 1 aliphatic rings. The maximum absolute atomic E-state index is 12.2. The SMILES string of the molecule is O=C(c1ccccc1OC(F)(F)F)C1CCCC1. The Balaban J connectivity index is 2.23. The zero-order valence-corrected chi connectivity index (χ0v) is 9.67. The van der Waals surface area contributed by atoms with Crippen LogP contribution in [0.1, 0.15) is 36.0 Å². The lowest BCUT2D eigenvalue weighted by atomic mass is 9.96. The summed E-state index contributed by atoms with van der Waals surface area (Å²) in [5.74, 6) is -0.808. The van der Waals surface area contributed by atoms with E-state index >= 15 is 0 Å². The van der Waals surface area contributed by atoms with Crippen LogP contribution in [0, 0.1) is 5.92 Å². The molecule has 0 unspecified atom stereocenters. The van der Waals surface area contributed by atoms with Crippen LogP contribution in [0.25, 0.3) is 0 Å². The summed E-state index contributed by atoms with van der Waals surface area (Å²) in [4.78, 5) is 12.1. The van der Waals surface area contributed by atoms with Crippen molar-refractivity contribution >= 4 is 5.78 Å². The number of ketones is 1. The molecule has 0 aliphatic heterocycles. The number of rotatable bonds is 3. The smallest absolute Gasteiger partial charge is 0.405 e. The van der Waals surface area contributed by atoms with E-state index in [1.54, 1.807) is 6.07 Å². The highest BCUT2D eigenvalue weighted by molar-refractivity contribution is 6.00. The molecule has 0 atom stereocenters. The average Bonchev–Trinajstić information content (AvgIpc) is 2.80. The van der Waals surface area contributed by atoms with Gasteiger partial charge in [0.2, 0.25) is 0 Å². The van der Waals surface area contributed by atoms with E-state index < -0.39 is 12.1 Å². The molecule has 18 heavy (non-hydrogen) atoms. The van der Waals surface area contributed by atoms with Crippen molar-refractivity contribution in [1.82, 2.24) is 0 Å². The van der Waals surface area contributed by atoms with Crippen molar-refractivity contribution < 1.29 is 22.7 Å². The van der Waals surface area contributed by atoms with Gasteiger partial charge in [0.25, 0.3) is 0 Å². The summed E-state index contributed by atoms with van der Waals surface area (Å²) in [7, 11) is 0. The molecule has 5 heteroatoms. The molecular formula is C13H13F3O2. The zero-order chi connectivity index (χ0) is 13.2. The monoisotopic (exact) mass is 258 g/mol. The highest BCUT2D eigenvalue weighted by Crippen LogP contribution is 2.33. The highest BCUT2D eigenvalue weighted by atomic mass is 19.4. The third-order valence-electron chi connectivity index (χ3n) is 3.10. The number of hydrogen-bond acceptors (Lipinski definition) is 2. The molecule has 0 N–H and O–H groups in total. The van der Waals surface area contributed by atoms with Crippen LogP contribution in [0.15, 0.2) is 24.3 Å². The van der Waals surface area contributed by atoms with Crippen LogP contribution in [0.4, 0.5) is 13.2 Å². The summed E-state index contributed by atoms with van der Waals surface area (Å²) < 4.78 is 40.6. The van der Waals surface area contributed by atoms with Gasteiger partial charge in [-0.25, -0.2) is 0 Å². The lowest BCUT2D eigenvalue weighted by molar-refractivity contribution is -0.274. The molecular weight excluding hydrogens is 245 g/mol. The maximum Gasteiger partial charge on any atom is 0.573 e. The van der Waals surface area contributed by atoms with Crippen molar-refractivity contribution in [2.24, 2.45) is 5.92 Å². The number of carbonyl (C=O) groups is 1. The van der Waals surface area contributed by atoms with Gasteiger partial charge in [-0.1, -0.05) is 25.0 Å². The zero-order valence-electron chi connectivity index (χ0n) is 9.67. The first-order chi connectivity index (χ1) is 8.47. The first-order valence-electron chi connectivity index (χ1n) is 5.86. The molecule has 2 rings (SSSR count). The minimum atomic E-state index is -4.77. The number of halogens is 3. The molecule has 0 spiro atoms. The van der Waals surface area contributed by atoms with Gasteiger partial charge in [0, 0.05) is 5.92 Å². The number of Topliss-reactive ketones (excluding diaryl/α,β-unsaturated/α-hetero) is 1. The Morgan fingerprint density at radius 3 is 2.39 bits per heavy atom. The fourth-order valence-corrected chi connectivity index (χ4v) is 2.29. The second kappa shape index (κ2) is 5.00. The van der Waals surface area contributed by atoms with E-state index in [4.69, 9.17) is 0 Å². The van der Waals surface area contributed by atoms with Gasteiger partial charge in [0.05, 0.1) is 5.56 Å². The highest BCUT2D eigenvalue weighted by Gasteiger charge is 2.34. The lowest BCUT2D eigenvalue weighted by Gasteiger charge is -2.14. The number of hydrogen-bond donors (Lipinski definition) is 0. The summed E-state index contributed by atoms with van der Waals surface area (Å²) in [5, 5.41) is 0. The lowest BCUT2D eigenvalue weighted by Crippen LogP contribution is -2.20. The maximum atomic E-state index is 12.2. The summed E-state index contributed by atoms with van der Waals surface area (Å²) in [6.45, 7) is 0. The predicted molar refractivity (Wildman–Crippen MR) is 59.4 cm³/mol. The van der Waals surface area contributed by atoms with Gasteiger partial charge in [0.15, 0.2) is 5.78 Å². The first kappa shape index (κ1) is 12.9. The van der Waals surface area contributed by atoms with E-state index in [2.05, 4.69) is 4.74 Å². The van der Waals surface area contributed by atoms with Crippen LogP contribution in [-0.2, 0) is 0 Å². The fraction of sp³-hybridized carbons (Fsp3) is 0.462. The van der Waals surface area contributed by atoms with Gasteiger partial charge in [-0.05, 0) is 25.0 Å². The molecule has 0 saturated heterocycles. The number of benzene rings is 1. The molecule has 1 saturated carbocycles. The largest absolute Gasteiger partial charge is 0.573 e. The fourth-order valence-electron chi connectivity index (χ4n) is 2.29.